The topological polar surface area (TPSA) is 230 Å². The van der Waals surface area contributed by atoms with Gasteiger partial charge < -0.3 is 54.4 Å². The molecule has 0 aromatic rings. The third-order valence-electron chi connectivity index (χ3n) is 10.2. The molecule has 4 N–H and O–H groups in total. The zero-order valence-electron chi connectivity index (χ0n) is 41.0. The number of hydrogen-bond acceptors (Lipinski definition) is 17. The number of nitrogens with zero attached hydrogens (tertiary/aromatic N) is 4. The summed E-state index contributed by atoms with van der Waals surface area (Å²) in [4.78, 5) is 81.4. The highest BCUT2D eigenvalue weighted by Gasteiger charge is 2.21. The summed E-state index contributed by atoms with van der Waals surface area (Å²) in [6.07, 6.45) is 13.4. The summed E-state index contributed by atoms with van der Waals surface area (Å²) in [6, 6.07) is 0. The zero-order valence-corrected chi connectivity index (χ0v) is 41.0. The van der Waals surface area contributed by atoms with Crippen molar-refractivity contribution < 1.29 is 61.9 Å². The highest BCUT2D eigenvalue weighted by atomic mass is 16.5. The van der Waals surface area contributed by atoms with Gasteiger partial charge in [-0.05, 0) is 12.3 Å². The molecule has 0 unspecified atom stereocenters. The van der Waals surface area contributed by atoms with Gasteiger partial charge in [-0.3, -0.25) is 43.5 Å². The van der Waals surface area contributed by atoms with Crippen molar-refractivity contribution in [1.82, 2.24) is 30.2 Å². The molecule has 0 radical (unpaired) electrons. The third-order valence-corrected chi connectivity index (χ3v) is 10.2. The van der Waals surface area contributed by atoms with Crippen LogP contribution in [0.5, 0.6) is 0 Å². The van der Waals surface area contributed by atoms with Crippen LogP contribution in [0.3, 0.4) is 0 Å². The minimum Gasteiger partial charge on any atom is -0.469 e. The van der Waals surface area contributed by atoms with Crippen LogP contribution < -0.4 is 16.4 Å². The van der Waals surface area contributed by atoms with E-state index in [0.717, 1.165) is 19.3 Å². The summed E-state index contributed by atoms with van der Waals surface area (Å²) >= 11 is 0. The summed E-state index contributed by atoms with van der Waals surface area (Å²) in [5.41, 5.74) is 5.39. The SMILES string of the molecule is CCCCCCCCCCCCC#CC(=O)NCCOCCOCCN(C)C(=O)CN(CCC(=O)OC)CCN(CCN(CC(=O)NCCOCCOCCN)CC(=O)OC)CC(=O)OC. The maximum Gasteiger partial charge on any atom is 0.319 e. The number of nitrogens with one attached hydrogen (secondary N) is 2. The molecule has 0 aliphatic heterocycles. The van der Waals surface area contributed by atoms with Gasteiger partial charge in [0.2, 0.25) is 11.8 Å². The van der Waals surface area contributed by atoms with E-state index in [1.54, 1.807) is 21.7 Å². The van der Waals surface area contributed by atoms with Gasteiger partial charge in [0.25, 0.3) is 5.91 Å². The van der Waals surface area contributed by atoms with Crippen molar-refractivity contribution in [3.8, 4) is 11.8 Å². The molecule has 0 spiro atoms. The fraction of sp³-hybridized carbons (Fsp3) is 0.826. The van der Waals surface area contributed by atoms with Gasteiger partial charge in [0, 0.05) is 72.4 Å². The normalized spacial score (nSPS) is 11.0. The van der Waals surface area contributed by atoms with Crippen molar-refractivity contribution in [2.24, 2.45) is 5.73 Å². The lowest BCUT2D eigenvalue weighted by atomic mass is 10.1. The Bertz CT molecular complexity index is 1350. The van der Waals surface area contributed by atoms with Crippen LogP contribution in [0.15, 0.2) is 0 Å². The first-order chi connectivity index (χ1) is 32.0. The van der Waals surface area contributed by atoms with E-state index in [2.05, 4.69) is 29.4 Å². The molecule has 0 rings (SSSR count). The van der Waals surface area contributed by atoms with E-state index in [9.17, 15) is 28.8 Å². The highest BCUT2D eigenvalue weighted by Crippen LogP contribution is 2.11. The van der Waals surface area contributed by atoms with E-state index in [1.165, 1.54) is 77.6 Å². The highest BCUT2D eigenvalue weighted by molar-refractivity contribution is 5.93. The summed E-state index contributed by atoms with van der Waals surface area (Å²) in [5.74, 6) is 3.28. The predicted octanol–water partition coefficient (Wildman–Crippen LogP) is 0.832. The molecule has 66 heavy (non-hydrogen) atoms. The molecule has 3 amide bonds. The Morgan fingerprint density at radius 3 is 1.56 bits per heavy atom. The largest absolute Gasteiger partial charge is 0.469 e. The Kier molecular flexibility index (Phi) is 42.2. The van der Waals surface area contributed by atoms with Gasteiger partial charge in [0.15, 0.2) is 0 Å². The Morgan fingerprint density at radius 1 is 0.515 bits per heavy atom. The second-order valence-electron chi connectivity index (χ2n) is 15.6. The Labute approximate surface area is 394 Å². The lowest BCUT2D eigenvalue weighted by Gasteiger charge is -2.29. The molecule has 0 bridgehead atoms. The first-order valence-corrected chi connectivity index (χ1v) is 23.6. The minimum atomic E-state index is -0.536. The van der Waals surface area contributed by atoms with Gasteiger partial charge in [0.1, 0.15) is 0 Å². The fourth-order valence-corrected chi connectivity index (χ4v) is 6.18. The number of unbranched alkanes of at least 4 members (excludes halogenated alkanes) is 10. The van der Waals surface area contributed by atoms with Crippen molar-refractivity contribution in [2.45, 2.75) is 84.0 Å². The van der Waals surface area contributed by atoms with Gasteiger partial charge in [-0.25, -0.2) is 0 Å². The van der Waals surface area contributed by atoms with Crippen LogP contribution in [0.1, 0.15) is 84.0 Å². The lowest BCUT2D eigenvalue weighted by molar-refractivity contribution is -0.144. The number of rotatable bonds is 44. The first kappa shape index (κ1) is 62.1. The average Bonchev–Trinajstić information content (AvgIpc) is 3.31. The molecule has 0 aliphatic rings. The Balaban J connectivity index is 4.79. The zero-order chi connectivity index (χ0) is 48.9. The lowest BCUT2D eigenvalue weighted by Crippen LogP contribution is -2.47. The van der Waals surface area contributed by atoms with Gasteiger partial charge in [0.05, 0.1) is 107 Å². The van der Waals surface area contributed by atoms with Crippen LogP contribution in [0, 0.1) is 11.8 Å². The average molecular weight is 944 g/mol. The van der Waals surface area contributed by atoms with Crippen molar-refractivity contribution in [3.63, 3.8) is 0 Å². The number of hydrogen-bond donors (Lipinski definition) is 3. The number of methoxy groups -OCH3 is 3. The predicted molar refractivity (Wildman–Crippen MR) is 250 cm³/mol. The van der Waals surface area contributed by atoms with Crippen molar-refractivity contribution in [2.75, 3.05) is 166 Å². The molecule has 0 fully saturated rings. The van der Waals surface area contributed by atoms with Crippen LogP contribution in [0.25, 0.3) is 0 Å². The molecular weight excluding hydrogens is 859 g/mol. The smallest absolute Gasteiger partial charge is 0.319 e. The third kappa shape index (κ3) is 39.2. The van der Waals surface area contributed by atoms with Gasteiger partial charge >= 0.3 is 17.9 Å². The number of carbonyl (C=O) groups is 6. The van der Waals surface area contributed by atoms with E-state index in [1.807, 2.05) is 0 Å². The number of nitrogens with two attached hydrogens (primary N) is 1. The number of ether oxygens (including phenoxy) is 7. The molecule has 20 nitrogen and oxygen atoms in total. The number of amides is 3. The first-order valence-electron chi connectivity index (χ1n) is 23.6. The monoisotopic (exact) mass is 944 g/mol. The van der Waals surface area contributed by atoms with Crippen molar-refractivity contribution in [1.29, 1.82) is 0 Å². The second kappa shape index (κ2) is 44.9. The van der Waals surface area contributed by atoms with E-state index in [4.69, 9.17) is 38.9 Å². The second-order valence-corrected chi connectivity index (χ2v) is 15.6. The van der Waals surface area contributed by atoms with Crippen molar-refractivity contribution in [3.05, 3.63) is 0 Å². The van der Waals surface area contributed by atoms with Crippen molar-refractivity contribution >= 4 is 35.6 Å². The molecular formula is C46H85N7O13. The summed E-state index contributed by atoms with van der Waals surface area (Å²) in [5, 5.41) is 5.50. The minimum absolute atomic E-state index is 0.0167. The van der Waals surface area contributed by atoms with E-state index < -0.39 is 17.9 Å². The van der Waals surface area contributed by atoms with E-state index >= 15 is 0 Å². The number of esters is 3. The molecule has 0 saturated carbocycles. The summed E-state index contributed by atoms with van der Waals surface area (Å²) in [7, 11) is 5.48. The quantitative estimate of drug-likeness (QED) is 0.0333. The van der Waals surface area contributed by atoms with Crippen LogP contribution in [0.4, 0.5) is 0 Å². The van der Waals surface area contributed by atoms with E-state index in [0.29, 0.717) is 65.8 Å². The molecule has 382 valence electrons. The molecule has 0 aromatic heterocycles. The number of likely N-dealkylation sites (N-methyl/N-ethyl adjacent to an activating group) is 1. The fourth-order valence-electron chi connectivity index (χ4n) is 6.18. The molecule has 0 aliphatic carbocycles. The summed E-state index contributed by atoms with van der Waals surface area (Å²) < 4.78 is 36.5. The molecule has 0 saturated heterocycles. The number of carbonyl (C=O) groups excluding carboxylic acids is 6. The molecule has 0 heterocycles. The van der Waals surface area contributed by atoms with Crippen LogP contribution in [0.2, 0.25) is 0 Å². The van der Waals surface area contributed by atoms with Gasteiger partial charge in [-0.2, -0.15) is 0 Å². The maximum absolute atomic E-state index is 13.3. The molecule has 0 aromatic carbocycles. The Morgan fingerprint density at radius 2 is 1.00 bits per heavy atom. The Hall–Kier alpha value is -3.94. The van der Waals surface area contributed by atoms with E-state index in [-0.39, 0.29) is 96.3 Å². The maximum atomic E-state index is 13.3. The van der Waals surface area contributed by atoms with Crippen LogP contribution >= 0.6 is 0 Å². The van der Waals surface area contributed by atoms with Gasteiger partial charge in [-0.15, -0.1) is 0 Å². The molecule has 20 heteroatoms. The molecule has 0 atom stereocenters. The summed E-state index contributed by atoms with van der Waals surface area (Å²) in [6.45, 7) is 7.14. The standard InChI is InChI=1S/C46H85N7O13/c1-6-7-8-9-10-11-12-13-14-15-16-17-18-41(54)48-21-30-64-35-36-66-32-28-50(2)43(56)38-51(23-19-44(57)60-3)24-25-52(39-45(58)61-4)26-27-53(40-46(59)62-5)37-42(55)49-22-31-65-34-33-63-29-20-47/h6-16,19-40,47H2,1-5H3,(H,48,54)(H,49,55). The van der Waals surface area contributed by atoms with Crippen LogP contribution in [-0.2, 0) is 61.9 Å². The van der Waals surface area contributed by atoms with Crippen LogP contribution in [-0.4, -0.2) is 222 Å². The van der Waals surface area contributed by atoms with Gasteiger partial charge in [-0.1, -0.05) is 70.6 Å².